The van der Waals surface area contributed by atoms with Gasteiger partial charge in [0.1, 0.15) is 0 Å². The van der Waals surface area contributed by atoms with Gasteiger partial charge in [-0.05, 0) is 33.1 Å². The molecule has 0 saturated carbocycles. The highest BCUT2D eigenvalue weighted by molar-refractivity contribution is 4.81. The van der Waals surface area contributed by atoms with Crippen LogP contribution in [0.3, 0.4) is 0 Å². The number of unbranched alkanes of at least 4 members (excludes halogenated alkanes) is 15. The van der Waals surface area contributed by atoms with Crippen molar-refractivity contribution in [3.8, 4) is 0 Å². The van der Waals surface area contributed by atoms with Gasteiger partial charge in [-0.2, -0.15) is 0 Å². The maximum atomic E-state index is 6.52. The summed E-state index contributed by atoms with van der Waals surface area (Å²) in [7, 11) is 0. The monoisotopic (exact) mass is 454 g/mol. The molecule has 2 nitrogen and oxygen atoms in total. The Kier molecular flexibility index (Phi) is 24.0. The molecule has 0 aromatic carbocycles. The van der Waals surface area contributed by atoms with Crippen molar-refractivity contribution < 1.29 is 9.47 Å². The first-order valence-electron chi connectivity index (χ1n) is 15.0. The highest BCUT2D eigenvalue weighted by Gasteiger charge is 2.39. The van der Waals surface area contributed by atoms with Crippen LogP contribution in [0.15, 0.2) is 0 Å². The van der Waals surface area contributed by atoms with Crippen LogP contribution in [0.25, 0.3) is 0 Å². The minimum absolute atomic E-state index is 0.346. The third kappa shape index (κ3) is 16.5. The lowest BCUT2D eigenvalue weighted by molar-refractivity contribution is -0.270. The molecule has 1 unspecified atom stereocenters. The van der Waals surface area contributed by atoms with Crippen LogP contribution >= 0.6 is 0 Å². The van der Waals surface area contributed by atoms with E-state index in [4.69, 9.17) is 9.47 Å². The van der Waals surface area contributed by atoms with Gasteiger partial charge in [-0.25, -0.2) is 0 Å². The van der Waals surface area contributed by atoms with Gasteiger partial charge < -0.3 is 9.47 Å². The molecule has 0 amide bonds. The molecule has 1 atom stereocenters. The van der Waals surface area contributed by atoms with Crippen LogP contribution in [0.2, 0.25) is 0 Å². The highest BCUT2D eigenvalue weighted by atomic mass is 16.7. The van der Waals surface area contributed by atoms with Crippen LogP contribution in [-0.2, 0) is 9.47 Å². The van der Waals surface area contributed by atoms with Gasteiger partial charge in [0.25, 0.3) is 0 Å². The molecule has 0 bridgehead atoms. The van der Waals surface area contributed by atoms with E-state index in [2.05, 4.69) is 34.6 Å². The standard InChI is InChI=1S/C30H62O2/c1-6-11-14-17-19-20-22-25-28-30(31-9-4,32-10-5)29(26-23-16-13-8-3)27-24-21-18-15-12-7-2/h29H,6-28H2,1-5H3. The fraction of sp³-hybridized carbons (Fsp3) is 1.00. The van der Waals surface area contributed by atoms with E-state index in [0.717, 1.165) is 19.6 Å². The summed E-state index contributed by atoms with van der Waals surface area (Å²) in [5.74, 6) is 0.205. The Bertz CT molecular complexity index is 349. The van der Waals surface area contributed by atoms with Crippen molar-refractivity contribution in [3.63, 3.8) is 0 Å². The molecule has 0 aliphatic rings. The predicted octanol–water partition coefficient (Wildman–Crippen LogP) is 10.6. The first kappa shape index (κ1) is 31.9. The second-order valence-corrected chi connectivity index (χ2v) is 10.0. The Balaban J connectivity index is 4.85. The SMILES string of the molecule is CCCCCCCCCCC(OCC)(OCC)C(CCCCCC)CCCCCCCC. The zero-order chi connectivity index (χ0) is 23.8. The molecule has 0 radical (unpaired) electrons. The molecule has 0 N–H and O–H groups in total. The minimum atomic E-state index is -0.346. The van der Waals surface area contributed by atoms with Gasteiger partial charge in [-0.3, -0.25) is 0 Å². The van der Waals surface area contributed by atoms with Crippen molar-refractivity contribution >= 4 is 0 Å². The van der Waals surface area contributed by atoms with Gasteiger partial charge in [0.2, 0.25) is 0 Å². The topological polar surface area (TPSA) is 18.5 Å². The summed E-state index contributed by atoms with van der Waals surface area (Å²) in [6, 6.07) is 0. The van der Waals surface area contributed by atoms with Crippen LogP contribution in [-0.4, -0.2) is 19.0 Å². The lowest BCUT2D eigenvalue weighted by atomic mass is 9.84. The third-order valence-corrected chi connectivity index (χ3v) is 7.09. The predicted molar refractivity (Wildman–Crippen MR) is 143 cm³/mol. The maximum Gasteiger partial charge on any atom is 0.171 e. The van der Waals surface area contributed by atoms with Crippen molar-refractivity contribution in [3.05, 3.63) is 0 Å². The maximum absolute atomic E-state index is 6.52. The van der Waals surface area contributed by atoms with Crippen LogP contribution in [0.4, 0.5) is 0 Å². The van der Waals surface area contributed by atoms with E-state index in [9.17, 15) is 0 Å². The normalized spacial score (nSPS) is 13.0. The summed E-state index contributed by atoms with van der Waals surface area (Å²) in [4.78, 5) is 0. The van der Waals surface area contributed by atoms with E-state index in [0.29, 0.717) is 5.92 Å². The van der Waals surface area contributed by atoms with Gasteiger partial charge in [0.05, 0.1) is 0 Å². The molecule has 32 heavy (non-hydrogen) atoms. The van der Waals surface area contributed by atoms with Crippen LogP contribution in [0.5, 0.6) is 0 Å². The van der Waals surface area contributed by atoms with Gasteiger partial charge in [-0.1, -0.05) is 130 Å². The summed E-state index contributed by atoms with van der Waals surface area (Å²) in [5, 5.41) is 0. The molecule has 194 valence electrons. The molecular formula is C30H62O2. The van der Waals surface area contributed by atoms with E-state index in [1.165, 1.54) is 128 Å². The molecule has 0 rings (SSSR count). The largest absolute Gasteiger partial charge is 0.350 e. The molecule has 0 aromatic rings. The first-order chi connectivity index (χ1) is 15.7. The molecule has 0 spiro atoms. The highest BCUT2D eigenvalue weighted by Crippen LogP contribution is 2.37. The zero-order valence-corrected chi connectivity index (χ0v) is 23.2. The van der Waals surface area contributed by atoms with Crippen molar-refractivity contribution in [1.29, 1.82) is 0 Å². The fourth-order valence-corrected chi connectivity index (χ4v) is 5.19. The Labute approximate surface area is 204 Å². The first-order valence-corrected chi connectivity index (χ1v) is 15.0. The van der Waals surface area contributed by atoms with E-state index in [1.807, 2.05) is 0 Å². The molecular weight excluding hydrogens is 392 g/mol. The summed E-state index contributed by atoms with van der Waals surface area (Å²) < 4.78 is 13.0. The van der Waals surface area contributed by atoms with Crippen molar-refractivity contribution in [2.75, 3.05) is 13.2 Å². The Morgan fingerprint density at radius 2 is 0.781 bits per heavy atom. The van der Waals surface area contributed by atoms with Crippen LogP contribution < -0.4 is 0 Å². The average Bonchev–Trinajstić information content (AvgIpc) is 2.79. The third-order valence-electron chi connectivity index (χ3n) is 7.09. The molecule has 0 heterocycles. The molecule has 0 saturated heterocycles. The zero-order valence-electron chi connectivity index (χ0n) is 23.2. The summed E-state index contributed by atoms with van der Waals surface area (Å²) in [6.45, 7) is 12.7. The smallest absolute Gasteiger partial charge is 0.171 e. The van der Waals surface area contributed by atoms with Crippen molar-refractivity contribution in [1.82, 2.24) is 0 Å². The molecule has 0 aromatic heterocycles. The summed E-state index contributed by atoms with van der Waals surface area (Å²) in [6.07, 6.45) is 28.1. The van der Waals surface area contributed by atoms with E-state index < -0.39 is 0 Å². The minimum Gasteiger partial charge on any atom is -0.350 e. The lowest BCUT2D eigenvalue weighted by Crippen LogP contribution is -2.44. The fourth-order valence-electron chi connectivity index (χ4n) is 5.19. The molecule has 2 heteroatoms. The average molecular weight is 455 g/mol. The van der Waals surface area contributed by atoms with Crippen LogP contribution in [0.1, 0.15) is 169 Å². The summed E-state index contributed by atoms with van der Waals surface area (Å²) in [5.41, 5.74) is 0. The summed E-state index contributed by atoms with van der Waals surface area (Å²) >= 11 is 0. The number of ether oxygens (including phenoxy) is 2. The Morgan fingerprint density at radius 3 is 1.19 bits per heavy atom. The Hall–Kier alpha value is -0.0800. The number of hydrogen-bond donors (Lipinski definition) is 0. The molecule has 0 aliphatic heterocycles. The van der Waals surface area contributed by atoms with E-state index in [1.54, 1.807) is 0 Å². The van der Waals surface area contributed by atoms with Gasteiger partial charge in [0, 0.05) is 25.6 Å². The van der Waals surface area contributed by atoms with E-state index in [-0.39, 0.29) is 5.79 Å². The van der Waals surface area contributed by atoms with Crippen molar-refractivity contribution in [2.24, 2.45) is 5.92 Å². The van der Waals surface area contributed by atoms with Gasteiger partial charge in [-0.15, -0.1) is 0 Å². The lowest BCUT2D eigenvalue weighted by Gasteiger charge is -2.41. The van der Waals surface area contributed by atoms with Crippen molar-refractivity contribution in [2.45, 2.75) is 175 Å². The second kappa shape index (κ2) is 24.1. The Morgan fingerprint density at radius 1 is 0.438 bits per heavy atom. The second-order valence-electron chi connectivity index (χ2n) is 10.0. The molecule has 0 aliphatic carbocycles. The van der Waals surface area contributed by atoms with Crippen LogP contribution in [0, 0.1) is 5.92 Å². The molecule has 0 fully saturated rings. The van der Waals surface area contributed by atoms with Gasteiger partial charge >= 0.3 is 0 Å². The van der Waals surface area contributed by atoms with Gasteiger partial charge in [0.15, 0.2) is 5.79 Å². The van der Waals surface area contributed by atoms with E-state index >= 15 is 0 Å². The quantitative estimate of drug-likeness (QED) is 0.0955. The number of hydrogen-bond acceptors (Lipinski definition) is 2. The number of rotatable bonds is 26.